The van der Waals surface area contributed by atoms with E-state index < -0.39 is 0 Å². The van der Waals surface area contributed by atoms with Gasteiger partial charge in [-0.2, -0.15) is 0 Å². The molecule has 0 amide bonds. The van der Waals surface area contributed by atoms with Crippen LogP contribution in [0.5, 0.6) is 5.75 Å². The summed E-state index contributed by atoms with van der Waals surface area (Å²) in [6.45, 7) is 6.75. The summed E-state index contributed by atoms with van der Waals surface area (Å²) in [4.78, 5) is 12.4. The van der Waals surface area contributed by atoms with Crippen LogP contribution >= 0.6 is 0 Å². The van der Waals surface area contributed by atoms with Gasteiger partial charge in [-0.05, 0) is 44.5 Å². The number of hydrogen-bond donors (Lipinski definition) is 1. The van der Waals surface area contributed by atoms with Crippen molar-refractivity contribution >= 4 is 16.9 Å². The molecule has 0 saturated carbocycles. The predicted octanol–water partition coefficient (Wildman–Crippen LogP) is 4.19. The van der Waals surface area contributed by atoms with E-state index in [0.29, 0.717) is 18.7 Å². The fourth-order valence-electron chi connectivity index (χ4n) is 3.13. The molecular formula is C20H21NO3. The maximum absolute atomic E-state index is 12.4. The Kier molecular flexibility index (Phi) is 4.30. The number of nitrogens with zero attached hydrogens (tertiary/aromatic N) is 1. The highest BCUT2D eigenvalue weighted by atomic mass is 16.5. The van der Waals surface area contributed by atoms with E-state index in [9.17, 15) is 9.90 Å². The third-order valence-corrected chi connectivity index (χ3v) is 4.21. The zero-order valence-corrected chi connectivity index (χ0v) is 14.2. The predicted molar refractivity (Wildman–Crippen MR) is 94.6 cm³/mol. The Labute approximate surface area is 141 Å². The first-order valence-electron chi connectivity index (χ1n) is 8.05. The minimum absolute atomic E-state index is 0.140. The molecule has 4 nitrogen and oxygen atoms in total. The molecule has 3 rings (SSSR count). The highest BCUT2D eigenvalue weighted by Crippen LogP contribution is 2.30. The van der Waals surface area contributed by atoms with Gasteiger partial charge in [0.15, 0.2) is 0 Å². The molecule has 1 aromatic heterocycles. The number of benzene rings is 2. The van der Waals surface area contributed by atoms with Gasteiger partial charge in [0.1, 0.15) is 5.75 Å². The standard InChI is InChI=1S/C20H21NO3/c1-4-24-20(23)19-14(3)21(12-15-7-5-6-13(2)10-15)18-9-8-16(22)11-17(18)19/h5-11,22H,4,12H2,1-3H3. The molecule has 3 aromatic rings. The quantitative estimate of drug-likeness (QED) is 0.733. The van der Waals surface area contributed by atoms with Gasteiger partial charge in [0.05, 0.1) is 12.2 Å². The normalized spacial score (nSPS) is 11.0. The van der Waals surface area contributed by atoms with Gasteiger partial charge in [-0.15, -0.1) is 0 Å². The van der Waals surface area contributed by atoms with E-state index in [1.165, 1.54) is 11.1 Å². The highest BCUT2D eigenvalue weighted by Gasteiger charge is 2.21. The summed E-state index contributed by atoms with van der Waals surface area (Å²) >= 11 is 0. The van der Waals surface area contributed by atoms with E-state index in [2.05, 4.69) is 29.7 Å². The van der Waals surface area contributed by atoms with Crippen molar-refractivity contribution in [1.29, 1.82) is 0 Å². The van der Waals surface area contributed by atoms with Crippen molar-refractivity contribution < 1.29 is 14.6 Å². The lowest BCUT2D eigenvalue weighted by Crippen LogP contribution is -2.08. The molecule has 0 aliphatic rings. The minimum Gasteiger partial charge on any atom is -0.508 e. The van der Waals surface area contributed by atoms with Gasteiger partial charge in [-0.25, -0.2) is 4.79 Å². The van der Waals surface area contributed by atoms with Crippen LogP contribution < -0.4 is 0 Å². The van der Waals surface area contributed by atoms with Crippen molar-refractivity contribution in [1.82, 2.24) is 4.57 Å². The van der Waals surface area contributed by atoms with E-state index in [0.717, 1.165) is 16.6 Å². The molecule has 1 heterocycles. The summed E-state index contributed by atoms with van der Waals surface area (Å²) in [5, 5.41) is 10.6. The van der Waals surface area contributed by atoms with Crippen LogP contribution in [0, 0.1) is 13.8 Å². The van der Waals surface area contributed by atoms with Gasteiger partial charge in [-0.1, -0.05) is 29.8 Å². The Hall–Kier alpha value is -2.75. The fraction of sp³-hybridized carbons (Fsp3) is 0.250. The molecule has 124 valence electrons. The lowest BCUT2D eigenvalue weighted by molar-refractivity contribution is 0.0527. The topological polar surface area (TPSA) is 51.5 Å². The number of phenols is 1. The number of fused-ring (bicyclic) bond motifs is 1. The number of carbonyl (C=O) groups is 1. The molecule has 0 bridgehead atoms. The number of aromatic hydroxyl groups is 1. The molecule has 0 fully saturated rings. The van der Waals surface area contributed by atoms with Crippen molar-refractivity contribution in [3.8, 4) is 5.75 Å². The number of carbonyl (C=O) groups excluding carboxylic acids is 1. The number of esters is 1. The van der Waals surface area contributed by atoms with Crippen LogP contribution in [0.1, 0.15) is 34.1 Å². The molecule has 1 N–H and O–H groups in total. The van der Waals surface area contributed by atoms with E-state index in [1.807, 2.05) is 19.1 Å². The molecule has 0 aliphatic heterocycles. The zero-order valence-electron chi connectivity index (χ0n) is 14.2. The Morgan fingerprint density at radius 3 is 2.67 bits per heavy atom. The monoisotopic (exact) mass is 323 g/mol. The van der Waals surface area contributed by atoms with Gasteiger partial charge >= 0.3 is 5.97 Å². The first-order chi connectivity index (χ1) is 11.5. The second kappa shape index (κ2) is 6.40. The summed E-state index contributed by atoms with van der Waals surface area (Å²) in [7, 11) is 0. The zero-order chi connectivity index (χ0) is 17.3. The van der Waals surface area contributed by atoms with E-state index in [-0.39, 0.29) is 11.7 Å². The van der Waals surface area contributed by atoms with E-state index in [4.69, 9.17) is 4.74 Å². The second-order valence-corrected chi connectivity index (χ2v) is 5.96. The molecule has 0 unspecified atom stereocenters. The van der Waals surface area contributed by atoms with Crippen molar-refractivity contribution in [3.63, 3.8) is 0 Å². The fourth-order valence-corrected chi connectivity index (χ4v) is 3.13. The highest BCUT2D eigenvalue weighted by molar-refractivity contribution is 6.06. The maximum atomic E-state index is 12.4. The van der Waals surface area contributed by atoms with Gasteiger partial charge < -0.3 is 14.4 Å². The third kappa shape index (κ3) is 2.87. The van der Waals surface area contributed by atoms with Gasteiger partial charge in [0.2, 0.25) is 0 Å². The van der Waals surface area contributed by atoms with Crippen molar-refractivity contribution in [2.24, 2.45) is 0 Å². The summed E-state index contributed by atoms with van der Waals surface area (Å²) in [5.74, 6) is -0.214. The largest absolute Gasteiger partial charge is 0.508 e. The molecule has 0 atom stereocenters. The second-order valence-electron chi connectivity index (χ2n) is 5.96. The summed E-state index contributed by atoms with van der Waals surface area (Å²) in [6.07, 6.45) is 0. The van der Waals surface area contributed by atoms with Crippen LogP contribution in [0.2, 0.25) is 0 Å². The van der Waals surface area contributed by atoms with Crippen molar-refractivity contribution in [3.05, 3.63) is 64.8 Å². The number of phenolic OH excluding ortho intramolecular Hbond substituents is 1. The average molecular weight is 323 g/mol. The van der Waals surface area contributed by atoms with Crippen molar-refractivity contribution in [2.45, 2.75) is 27.3 Å². The van der Waals surface area contributed by atoms with Gasteiger partial charge in [0.25, 0.3) is 0 Å². The molecule has 0 radical (unpaired) electrons. The van der Waals surface area contributed by atoms with Gasteiger partial charge in [-0.3, -0.25) is 0 Å². The lowest BCUT2D eigenvalue weighted by atomic mass is 10.1. The Morgan fingerprint density at radius 2 is 1.96 bits per heavy atom. The van der Waals surface area contributed by atoms with Gasteiger partial charge in [0, 0.05) is 23.1 Å². The average Bonchev–Trinajstić information content (AvgIpc) is 2.79. The molecule has 4 heteroatoms. The van der Waals surface area contributed by atoms with Crippen LogP contribution in [-0.2, 0) is 11.3 Å². The Balaban J connectivity index is 2.17. The SMILES string of the molecule is CCOC(=O)c1c(C)n(Cc2cccc(C)c2)c2ccc(O)cc12. The number of aryl methyl sites for hydroxylation is 1. The summed E-state index contributed by atoms with van der Waals surface area (Å²) < 4.78 is 7.30. The number of rotatable bonds is 4. The molecular weight excluding hydrogens is 302 g/mol. The smallest absolute Gasteiger partial charge is 0.340 e. The van der Waals surface area contributed by atoms with Crippen LogP contribution in [0.15, 0.2) is 42.5 Å². The summed E-state index contributed by atoms with van der Waals surface area (Å²) in [5.41, 5.74) is 4.64. The van der Waals surface area contributed by atoms with Crippen LogP contribution in [0.4, 0.5) is 0 Å². The number of ether oxygens (including phenoxy) is 1. The van der Waals surface area contributed by atoms with Crippen LogP contribution in [0.3, 0.4) is 0 Å². The minimum atomic E-state index is -0.353. The molecule has 0 aliphatic carbocycles. The first kappa shape index (κ1) is 16.1. The Bertz CT molecular complexity index is 909. The first-order valence-corrected chi connectivity index (χ1v) is 8.05. The third-order valence-electron chi connectivity index (χ3n) is 4.21. The van der Waals surface area contributed by atoms with E-state index in [1.54, 1.807) is 19.1 Å². The molecule has 2 aromatic carbocycles. The van der Waals surface area contributed by atoms with E-state index >= 15 is 0 Å². The molecule has 0 spiro atoms. The summed E-state index contributed by atoms with van der Waals surface area (Å²) in [6, 6.07) is 13.4. The number of aromatic nitrogens is 1. The van der Waals surface area contributed by atoms with Crippen LogP contribution in [0.25, 0.3) is 10.9 Å². The molecule has 24 heavy (non-hydrogen) atoms. The van der Waals surface area contributed by atoms with Crippen LogP contribution in [-0.4, -0.2) is 22.2 Å². The van der Waals surface area contributed by atoms with Crippen molar-refractivity contribution in [2.75, 3.05) is 6.61 Å². The number of hydrogen-bond acceptors (Lipinski definition) is 3. The lowest BCUT2D eigenvalue weighted by Gasteiger charge is -2.10. The molecule has 0 saturated heterocycles. The Morgan fingerprint density at radius 1 is 1.17 bits per heavy atom. The maximum Gasteiger partial charge on any atom is 0.340 e.